The Morgan fingerprint density at radius 3 is 2.90 bits per heavy atom. The molecular formula is C13H12N4O2S. The molecule has 0 atom stereocenters. The lowest BCUT2D eigenvalue weighted by Gasteiger charge is -2.03. The van der Waals surface area contributed by atoms with Crippen LogP contribution < -0.4 is 5.14 Å². The number of nitrogens with two attached hydrogens (primary N) is 1. The van der Waals surface area contributed by atoms with Gasteiger partial charge in [-0.1, -0.05) is 18.2 Å². The van der Waals surface area contributed by atoms with Crippen LogP contribution in [0.15, 0.2) is 48.9 Å². The van der Waals surface area contributed by atoms with Gasteiger partial charge in [0.2, 0.25) is 10.0 Å². The molecule has 3 rings (SSSR count). The van der Waals surface area contributed by atoms with Crippen LogP contribution in [0.3, 0.4) is 0 Å². The molecule has 2 heterocycles. The van der Waals surface area contributed by atoms with E-state index < -0.39 is 10.0 Å². The maximum Gasteiger partial charge on any atom is 0.213 e. The standard InChI is InChI=1S/C13H12N4O2S/c14-20(18,19)9-10-3-1-4-11(7-10)12-8-16-17-6-2-5-15-13(12)17/h1-8H,9H2,(H2,14,18,19). The number of sulfonamides is 1. The SMILES string of the molecule is NS(=O)(=O)Cc1cccc(-c2cnn3cccnc23)c1. The number of primary sulfonamides is 1. The molecule has 2 aromatic heterocycles. The van der Waals surface area contributed by atoms with E-state index in [0.717, 1.165) is 16.8 Å². The number of benzene rings is 1. The van der Waals surface area contributed by atoms with Crippen molar-refractivity contribution < 1.29 is 8.42 Å². The third-order valence-corrected chi connectivity index (χ3v) is 3.62. The van der Waals surface area contributed by atoms with Crippen LogP contribution in [0, 0.1) is 0 Å². The van der Waals surface area contributed by atoms with Crippen molar-refractivity contribution in [3.63, 3.8) is 0 Å². The number of aromatic nitrogens is 3. The second-order valence-corrected chi connectivity index (χ2v) is 6.07. The van der Waals surface area contributed by atoms with Gasteiger partial charge >= 0.3 is 0 Å². The Hall–Kier alpha value is -2.25. The second kappa shape index (κ2) is 4.69. The molecule has 6 nitrogen and oxygen atoms in total. The zero-order chi connectivity index (χ0) is 14.2. The van der Waals surface area contributed by atoms with Gasteiger partial charge in [-0.25, -0.2) is 23.1 Å². The third kappa shape index (κ3) is 2.54. The van der Waals surface area contributed by atoms with E-state index >= 15 is 0 Å². The first-order valence-electron chi connectivity index (χ1n) is 5.91. The largest absolute Gasteiger partial charge is 0.236 e. The fraction of sp³-hybridized carbons (Fsp3) is 0.0769. The van der Waals surface area contributed by atoms with Crippen molar-refractivity contribution in [2.75, 3.05) is 0 Å². The first kappa shape index (κ1) is 12.8. The summed E-state index contributed by atoms with van der Waals surface area (Å²) < 4.78 is 24.0. The summed E-state index contributed by atoms with van der Waals surface area (Å²) in [4.78, 5) is 4.28. The van der Waals surface area contributed by atoms with Crippen LogP contribution in [0.25, 0.3) is 16.8 Å². The summed E-state index contributed by atoms with van der Waals surface area (Å²) in [6.45, 7) is 0. The first-order chi connectivity index (χ1) is 9.53. The van der Waals surface area contributed by atoms with Crippen molar-refractivity contribution in [2.45, 2.75) is 5.75 Å². The van der Waals surface area contributed by atoms with E-state index in [9.17, 15) is 8.42 Å². The molecule has 20 heavy (non-hydrogen) atoms. The Morgan fingerprint density at radius 2 is 2.10 bits per heavy atom. The predicted molar refractivity (Wildman–Crippen MR) is 75.2 cm³/mol. The second-order valence-electron chi connectivity index (χ2n) is 4.45. The van der Waals surface area contributed by atoms with E-state index in [-0.39, 0.29) is 5.75 Å². The zero-order valence-corrected chi connectivity index (χ0v) is 11.3. The number of fused-ring (bicyclic) bond motifs is 1. The van der Waals surface area contributed by atoms with E-state index in [1.54, 1.807) is 47.4 Å². The molecule has 3 aromatic rings. The first-order valence-corrected chi connectivity index (χ1v) is 7.63. The maximum atomic E-state index is 11.2. The molecule has 7 heteroatoms. The molecular weight excluding hydrogens is 276 g/mol. The predicted octanol–water partition coefficient (Wildman–Crippen LogP) is 1.18. The molecule has 1 aromatic carbocycles. The highest BCUT2D eigenvalue weighted by molar-refractivity contribution is 7.88. The van der Waals surface area contributed by atoms with Crippen molar-refractivity contribution in [1.29, 1.82) is 0 Å². The molecule has 0 aliphatic carbocycles. The molecule has 0 fully saturated rings. The van der Waals surface area contributed by atoms with Crippen LogP contribution >= 0.6 is 0 Å². The smallest absolute Gasteiger partial charge is 0.213 e. The van der Waals surface area contributed by atoms with Crippen molar-refractivity contribution in [3.8, 4) is 11.1 Å². The summed E-state index contributed by atoms with van der Waals surface area (Å²) in [5.74, 6) is -0.187. The molecule has 0 aliphatic rings. The van der Waals surface area contributed by atoms with Crippen LogP contribution in [-0.2, 0) is 15.8 Å². The normalized spacial score (nSPS) is 11.8. The summed E-state index contributed by atoms with van der Waals surface area (Å²) in [5.41, 5.74) is 3.07. The third-order valence-electron chi connectivity index (χ3n) is 2.89. The van der Waals surface area contributed by atoms with E-state index in [4.69, 9.17) is 5.14 Å². The van der Waals surface area contributed by atoms with Crippen LogP contribution in [0.2, 0.25) is 0 Å². The highest BCUT2D eigenvalue weighted by atomic mass is 32.2. The lowest BCUT2D eigenvalue weighted by Crippen LogP contribution is -2.14. The topological polar surface area (TPSA) is 90.4 Å². The Morgan fingerprint density at radius 1 is 1.25 bits per heavy atom. The summed E-state index contributed by atoms with van der Waals surface area (Å²) in [7, 11) is -3.54. The lowest BCUT2D eigenvalue weighted by atomic mass is 10.1. The van der Waals surface area contributed by atoms with Crippen LogP contribution in [0.1, 0.15) is 5.56 Å². The van der Waals surface area contributed by atoms with Gasteiger partial charge in [-0.15, -0.1) is 0 Å². The van der Waals surface area contributed by atoms with Gasteiger partial charge in [-0.2, -0.15) is 5.10 Å². The fourth-order valence-electron chi connectivity index (χ4n) is 2.09. The van der Waals surface area contributed by atoms with Crippen LogP contribution in [-0.4, -0.2) is 23.0 Å². The zero-order valence-electron chi connectivity index (χ0n) is 10.5. The van der Waals surface area contributed by atoms with Gasteiger partial charge in [0.1, 0.15) is 0 Å². The average Bonchev–Trinajstić information content (AvgIpc) is 2.81. The Labute approximate surface area is 115 Å². The summed E-state index contributed by atoms with van der Waals surface area (Å²) >= 11 is 0. The Kier molecular flexibility index (Phi) is 3.00. The number of nitrogens with zero attached hydrogens (tertiary/aromatic N) is 3. The monoisotopic (exact) mass is 288 g/mol. The van der Waals surface area contributed by atoms with E-state index in [1.807, 2.05) is 6.07 Å². The van der Waals surface area contributed by atoms with E-state index in [1.165, 1.54) is 0 Å². The molecule has 0 aliphatic heterocycles. The molecule has 0 bridgehead atoms. The highest BCUT2D eigenvalue weighted by Crippen LogP contribution is 2.24. The molecule has 0 amide bonds. The molecule has 0 saturated heterocycles. The van der Waals surface area contributed by atoms with E-state index in [0.29, 0.717) is 5.56 Å². The lowest BCUT2D eigenvalue weighted by molar-refractivity contribution is 0.597. The van der Waals surface area contributed by atoms with Gasteiger partial charge in [0.05, 0.1) is 11.9 Å². The number of hydrogen-bond acceptors (Lipinski definition) is 4. The van der Waals surface area contributed by atoms with Gasteiger partial charge < -0.3 is 0 Å². The number of hydrogen-bond donors (Lipinski definition) is 1. The molecule has 0 spiro atoms. The molecule has 102 valence electrons. The molecule has 0 radical (unpaired) electrons. The summed E-state index contributed by atoms with van der Waals surface area (Å²) in [6, 6.07) is 8.99. The van der Waals surface area contributed by atoms with Crippen molar-refractivity contribution >= 4 is 15.7 Å². The summed E-state index contributed by atoms with van der Waals surface area (Å²) in [5, 5.41) is 9.28. The minimum atomic E-state index is -3.54. The fourth-order valence-corrected chi connectivity index (χ4v) is 2.74. The van der Waals surface area contributed by atoms with Gasteiger partial charge in [-0.3, -0.25) is 0 Å². The molecule has 0 unspecified atom stereocenters. The molecule has 0 saturated carbocycles. The van der Waals surface area contributed by atoms with Crippen LogP contribution in [0.4, 0.5) is 0 Å². The molecule has 2 N–H and O–H groups in total. The minimum Gasteiger partial charge on any atom is -0.236 e. The Balaban J connectivity index is 2.08. The minimum absolute atomic E-state index is 0.187. The van der Waals surface area contributed by atoms with Gasteiger partial charge in [0, 0.05) is 18.0 Å². The summed E-state index contributed by atoms with van der Waals surface area (Å²) in [6.07, 6.45) is 5.20. The maximum absolute atomic E-state index is 11.2. The van der Waals surface area contributed by atoms with Gasteiger partial charge in [0.15, 0.2) is 5.65 Å². The van der Waals surface area contributed by atoms with Gasteiger partial charge in [0.25, 0.3) is 0 Å². The average molecular weight is 288 g/mol. The van der Waals surface area contributed by atoms with Crippen molar-refractivity contribution in [3.05, 3.63) is 54.5 Å². The Bertz CT molecular complexity index is 871. The van der Waals surface area contributed by atoms with Gasteiger partial charge in [-0.05, 0) is 23.3 Å². The highest BCUT2D eigenvalue weighted by Gasteiger charge is 2.10. The van der Waals surface area contributed by atoms with Crippen LogP contribution in [0.5, 0.6) is 0 Å². The van der Waals surface area contributed by atoms with Crippen molar-refractivity contribution in [2.24, 2.45) is 5.14 Å². The number of rotatable bonds is 3. The van der Waals surface area contributed by atoms with E-state index in [2.05, 4.69) is 10.1 Å². The quantitative estimate of drug-likeness (QED) is 0.783. The van der Waals surface area contributed by atoms with Crippen molar-refractivity contribution in [1.82, 2.24) is 14.6 Å².